The number of rotatable bonds is 3. The van der Waals surface area contributed by atoms with Crippen LogP contribution in [-0.2, 0) is 4.79 Å². The number of thioether (sulfide) groups is 1. The predicted octanol–water partition coefficient (Wildman–Crippen LogP) is 6.57. The maximum atomic E-state index is 12.7. The van der Waals surface area contributed by atoms with Crippen LogP contribution >= 0.6 is 27.7 Å². The van der Waals surface area contributed by atoms with Crippen LogP contribution in [0.15, 0.2) is 68.4 Å². The number of hydrogen-bond acceptors (Lipinski definition) is 4. The third kappa shape index (κ3) is 3.57. The van der Waals surface area contributed by atoms with Crippen molar-refractivity contribution in [1.29, 1.82) is 0 Å². The second kappa shape index (κ2) is 7.45. The van der Waals surface area contributed by atoms with Crippen molar-refractivity contribution in [3.05, 3.63) is 80.9 Å². The van der Waals surface area contributed by atoms with E-state index in [1.807, 2.05) is 50.2 Å². The molecular formula is C22H16BrNO3S. The normalized spacial score (nSPS) is 15.7. The van der Waals surface area contributed by atoms with Gasteiger partial charge in [-0.2, -0.15) is 0 Å². The van der Waals surface area contributed by atoms with E-state index < -0.39 is 0 Å². The fourth-order valence-electron chi connectivity index (χ4n) is 2.90. The molecule has 2 amide bonds. The van der Waals surface area contributed by atoms with Gasteiger partial charge in [-0.05, 0) is 67.6 Å². The molecule has 4 rings (SSSR count). The van der Waals surface area contributed by atoms with Gasteiger partial charge in [0.05, 0.1) is 10.6 Å². The predicted molar refractivity (Wildman–Crippen MR) is 116 cm³/mol. The number of halogens is 1. The quantitative estimate of drug-likeness (QED) is 0.420. The van der Waals surface area contributed by atoms with Gasteiger partial charge in [-0.15, -0.1) is 0 Å². The molecule has 3 aromatic rings. The van der Waals surface area contributed by atoms with Crippen molar-refractivity contribution in [3.8, 4) is 11.3 Å². The molecule has 140 valence electrons. The van der Waals surface area contributed by atoms with Crippen LogP contribution in [-0.4, -0.2) is 11.1 Å². The van der Waals surface area contributed by atoms with Crippen LogP contribution < -0.4 is 4.90 Å². The lowest BCUT2D eigenvalue weighted by molar-refractivity contribution is -0.113. The highest BCUT2D eigenvalue weighted by molar-refractivity contribution is 9.10. The van der Waals surface area contributed by atoms with E-state index in [0.717, 1.165) is 32.9 Å². The Bertz CT molecular complexity index is 1120. The largest absolute Gasteiger partial charge is 0.457 e. The molecule has 1 saturated heterocycles. The zero-order valence-electron chi connectivity index (χ0n) is 15.2. The molecule has 1 aliphatic heterocycles. The summed E-state index contributed by atoms with van der Waals surface area (Å²) in [5.41, 5.74) is 3.70. The number of benzene rings is 2. The van der Waals surface area contributed by atoms with Crippen molar-refractivity contribution in [2.24, 2.45) is 0 Å². The van der Waals surface area contributed by atoms with Gasteiger partial charge in [-0.3, -0.25) is 9.59 Å². The van der Waals surface area contributed by atoms with Crippen molar-refractivity contribution >= 4 is 50.6 Å². The highest BCUT2D eigenvalue weighted by atomic mass is 79.9. The van der Waals surface area contributed by atoms with Crippen molar-refractivity contribution < 1.29 is 14.0 Å². The summed E-state index contributed by atoms with van der Waals surface area (Å²) in [5.74, 6) is 0.904. The van der Waals surface area contributed by atoms with Gasteiger partial charge >= 0.3 is 0 Å². The average molecular weight is 454 g/mol. The van der Waals surface area contributed by atoms with Gasteiger partial charge in [0.25, 0.3) is 11.1 Å². The molecule has 2 heterocycles. The topological polar surface area (TPSA) is 50.5 Å². The molecule has 0 atom stereocenters. The molecule has 1 fully saturated rings. The molecule has 2 aromatic carbocycles. The van der Waals surface area contributed by atoms with Gasteiger partial charge < -0.3 is 4.42 Å². The van der Waals surface area contributed by atoms with E-state index in [0.29, 0.717) is 22.1 Å². The third-order valence-corrected chi connectivity index (χ3v) is 6.19. The van der Waals surface area contributed by atoms with Gasteiger partial charge in [0.2, 0.25) is 0 Å². The highest BCUT2D eigenvalue weighted by Crippen LogP contribution is 2.36. The molecule has 4 nitrogen and oxygen atoms in total. The first-order chi connectivity index (χ1) is 13.4. The van der Waals surface area contributed by atoms with E-state index in [2.05, 4.69) is 15.9 Å². The van der Waals surface area contributed by atoms with Crippen LogP contribution in [0.5, 0.6) is 0 Å². The number of furan rings is 1. The summed E-state index contributed by atoms with van der Waals surface area (Å²) in [6, 6.07) is 16.9. The summed E-state index contributed by atoms with van der Waals surface area (Å²) in [4.78, 5) is 26.6. The number of hydrogen-bond donors (Lipinski definition) is 0. The monoisotopic (exact) mass is 453 g/mol. The fraction of sp³-hybridized carbons (Fsp3) is 0.0909. The smallest absolute Gasteiger partial charge is 0.298 e. The zero-order valence-corrected chi connectivity index (χ0v) is 17.6. The summed E-state index contributed by atoms with van der Waals surface area (Å²) >= 11 is 4.41. The molecule has 0 aliphatic carbocycles. The molecule has 28 heavy (non-hydrogen) atoms. The van der Waals surface area contributed by atoms with Gasteiger partial charge in [0, 0.05) is 16.1 Å². The van der Waals surface area contributed by atoms with Crippen molar-refractivity contribution in [1.82, 2.24) is 0 Å². The molecule has 6 heteroatoms. The van der Waals surface area contributed by atoms with Gasteiger partial charge in [0.1, 0.15) is 11.5 Å². The Balaban J connectivity index is 1.60. The number of anilines is 1. The van der Waals surface area contributed by atoms with Crippen LogP contribution in [0.4, 0.5) is 10.5 Å². The lowest BCUT2D eigenvalue weighted by atomic mass is 10.1. The third-order valence-electron chi connectivity index (χ3n) is 4.43. The van der Waals surface area contributed by atoms with E-state index in [1.165, 1.54) is 4.90 Å². The van der Waals surface area contributed by atoms with E-state index >= 15 is 0 Å². The van der Waals surface area contributed by atoms with E-state index in [9.17, 15) is 9.59 Å². The lowest BCUT2D eigenvalue weighted by Gasteiger charge is -2.12. The average Bonchev–Trinajstić information content (AvgIpc) is 3.24. The highest BCUT2D eigenvalue weighted by Gasteiger charge is 2.36. The van der Waals surface area contributed by atoms with Crippen molar-refractivity contribution in [3.63, 3.8) is 0 Å². The number of aryl methyl sites for hydroxylation is 2. The van der Waals surface area contributed by atoms with Crippen LogP contribution in [0, 0.1) is 13.8 Å². The Hall–Kier alpha value is -2.57. The molecule has 1 aliphatic rings. The van der Waals surface area contributed by atoms with E-state index in [4.69, 9.17) is 4.42 Å². The molecule has 0 saturated carbocycles. The zero-order chi connectivity index (χ0) is 19.8. The first kappa shape index (κ1) is 18.8. The summed E-state index contributed by atoms with van der Waals surface area (Å²) in [6.45, 7) is 3.97. The maximum absolute atomic E-state index is 12.7. The minimum atomic E-state index is -0.337. The van der Waals surface area contributed by atoms with E-state index in [-0.39, 0.29) is 11.1 Å². The second-order valence-corrected chi connectivity index (χ2v) is 8.37. The first-order valence-corrected chi connectivity index (χ1v) is 10.2. The molecule has 0 N–H and O–H groups in total. The summed E-state index contributed by atoms with van der Waals surface area (Å²) in [7, 11) is 0. The van der Waals surface area contributed by atoms with E-state index in [1.54, 1.807) is 24.3 Å². The Morgan fingerprint density at radius 1 is 1.00 bits per heavy atom. The maximum Gasteiger partial charge on any atom is 0.298 e. The van der Waals surface area contributed by atoms with Gasteiger partial charge in [-0.25, -0.2) is 4.90 Å². The van der Waals surface area contributed by atoms with Crippen LogP contribution in [0.1, 0.15) is 16.9 Å². The molecular weight excluding hydrogens is 438 g/mol. The number of imide groups is 1. The SMILES string of the molecule is Cc1ccc(N2C(=O)S/C(=C\c3ccc(-c4ccc(Br)c(C)c4)o3)C2=O)cc1. The number of carbonyl (C=O) groups is 2. The first-order valence-electron chi connectivity index (χ1n) is 8.63. The Labute approximate surface area is 175 Å². The van der Waals surface area contributed by atoms with Crippen LogP contribution in [0.25, 0.3) is 17.4 Å². The number of amides is 2. The minimum Gasteiger partial charge on any atom is -0.457 e. The van der Waals surface area contributed by atoms with Crippen LogP contribution in [0.2, 0.25) is 0 Å². The fourth-order valence-corrected chi connectivity index (χ4v) is 3.96. The lowest BCUT2D eigenvalue weighted by Crippen LogP contribution is -2.27. The number of carbonyl (C=O) groups excluding carboxylic acids is 2. The molecule has 0 spiro atoms. The molecule has 0 unspecified atom stereocenters. The molecule has 0 radical (unpaired) electrons. The number of nitrogens with zero attached hydrogens (tertiary/aromatic N) is 1. The van der Waals surface area contributed by atoms with Crippen molar-refractivity contribution in [2.45, 2.75) is 13.8 Å². The Morgan fingerprint density at radius 3 is 2.46 bits per heavy atom. The standard InChI is InChI=1S/C22H16BrNO3S/c1-13-3-6-16(7-4-13)24-21(25)20(28-22(24)26)12-17-8-10-19(27-17)15-5-9-18(23)14(2)11-15/h3-12H,1-2H3/b20-12-. The summed E-state index contributed by atoms with van der Waals surface area (Å²) in [6.07, 6.45) is 1.62. The Morgan fingerprint density at radius 2 is 1.75 bits per heavy atom. The summed E-state index contributed by atoms with van der Waals surface area (Å²) < 4.78 is 6.91. The van der Waals surface area contributed by atoms with Crippen molar-refractivity contribution in [2.75, 3.05) is 4.90 Å². The minimum absolute atomic E-state index is 0.310. The van der Waals surface area contributed by atoms with Crippen LogP contribution in [0.3, 0.4) is 0 Å². The Kier molecular flexibility index (Phi) is 5.00. The molecule has 0 bridgehead atoms. The summed E-state index contributed by atoms with van der Waals surface area (Å²) in [5, 5.41) is -0.310. The molecule has 1 aromatic heterocycles. The van der Waals surface area contributed by atoms with Gasteiger partial charge in [0.15, 0.2) is 0 Å². The second-order valence-electron chi connectivity index (χ2n) is 6.52. The van der Waals surface area contributed by atoms with Gasteiger partial charge in [-0.1, -0.05) is 39.7 Å².